The minimum Gasteiger partial charge on any atom is -0.493 e. The quantitative estimate of drug-likeness (QED) is 0.750. The zero-order valence-electron chi connectivity index (χ0n) is 11.3. The van der Waals surface area contributed by atoms with E-state index in [1.54, 1.807) is 47.7 Å². The Hall–Kier alpha value is -1.66. The second-order valence-electron chi connectivity index (χ2n) is 3.36. The van der Waals surface area contributed by atoms with Crippen molar-refractivity contribution in [3.05, 3.63) is 12.1 Å². The maximum atomic E-state index is 5.24. The average Bonchev–Trinajstić information content (AvgIpc) is 2.43. The van der Waals surface area contributed by atoms with Gasteiger partial charge in [0.15, 0.2) is 11.5 Å². The summed E-state index contributed by atoms with van der Waals surface area (Å²) in [7, 11) is 7.76. The first-order chi connectivity index (χ1) is 8.69. The van der Waals surface area contributed by atoms with Crippen LogP contribution in [0.4, 0.5) is 5.69 Å². The van der Waals surface area contributed by atoms with Gasteiger partial charge in [-0.3, -0.25) is 0 Å². The highest BCUT2D eigenvalue weighted by Gasteiger charge is 2.14. The number of hydrogen-bond acceptors (Lipinski definition) is 6. The van der Waals surface area contributed by atoms with E-state index in [0.717, 1.165) is 5.69 Å². The lowest BCUT2D eigenvalue weighted by Crippen LogP contribution is -2.23. The lowest BCUT2D eigenvalue weighted by molar-refractivity contribution is -0.0808. The summed E-state index contributed by atoms with van der Waals surface area (Å²) in [5.74, 6) is 1.66. The lowest BCUT2D eigenvalue weighted by Gasteiger charge is -2.19. The van der Waals surface area contributed by atoms with Crippen LogP contribution in [0.1, 0.15) is 0 Å². The van der Waals surface area contributed by atoms with Gasteiger partial charge in [0, 0.05) is 32.0 Å². The van der Waals surface area contributed by atoms with Gasteiger partial charge in [0.1, 0.15) is 0 Å². The Morgan fingerprint density at radius 2 is 1.33 bits per heavy atom. The number of ether oxygens (including phenoxy) is 5. The maximum absolute atomic E-state index is 5.24. The molecule has 1 aromatic rings. The SMILES string of the molecule is COc1cc(NC(OC)OC)cc(OC)c1OC. The molecular formula is C12H19NO5. The van der Waals surface area contributed by atoms with Crippen molar-refractivity contribution in [3.8, 4) is 17.2 Å². The average molecular weight is 257 g/mol. The van der Waals surface area contributed by atoms with Gasteiger partial charge < -0.3 is 29.0 Å². The van der Waals surface area contributed by atoms with Gasteiger partial charge in [0.05, 0.1) is 21.3 Å². The summed E-state index contributed by atoms with van der Waals surface area (Å²) >= 11 is 0. The van der Waals surface area contributed by atoms with Crippen LogP contribution >= 0.6 is 0 Å². The number of benzene rings is 1. The summed E-state index contributed by atoms with van der Waals surface area (Å²) < 4.78 is 25.8. The Morgan fingerprint density at radius 1 is 0.833 bits per heavy atom. The summed E-state index contributed by atoms with van der Waals surface area (Å²) in [5.41, 5.74) is 0.734. The van der Waals surface area contributed by atoms with Gasteiger partial charge in [-0.1, -0.05) is 0 Å². The highest BCUT2D eigenvalue weighted by atomic mass is 16.7. The minimum absolute atomic E-state index is 0.539. The topological polar surface area (TPSA) is 58.2 Å². The van der Waals surface area contributed by atoms with Gasteiger partial charge in [-0.15, -0.1) is 0 Å². The Balaban J connectivity index is 3.06. The summed E-state index contributed by atoms with van der Waals surface area (Å²) in [4.78, 5) is 0. The van der Waals surface area contributed by atoms with Crippen LogP contribution in [0.2, 0.25) is 0 Å². The molecule has 6 nitrogen and oxygen atoms in total. The van der Waals surface area contributed by atoms with Gasteiger partial charge >= 0.3 is 0 Å². The molecule has 0 saturated heterocycles. The van der Waals surface area contributed by atoms with Crippen molar-refractivity contribution in [2.75, 3.05) is 40.9 Å². The van der Waals surface area contributed by atoms with Gasteiger partial charge in [-0.2, -0.15) is 0 Å². The van der Waals surface area contributed by atoms with Gasteiger partial charge in [0.25, 0.3) is 0 Å². The molecule has 0 aromatic heterocycles. The lowest BCUT2D eigenvalue weighted by atomic mass is 10.2. The van der Waals surface area contributed by atoms with E-state index in [0.29, 0.717) is 17.2 Å². The van der Waals surface area contributed by atoms with E-state index in [1.165, 1.54) is 0 Å². The van der Waals surface area contributed by atoms with E-state index >= 15 is 0 Å². The summed E-state index contributed by atoms with van der Waals surface area (Å²) in [6.45, 7) is 0. The first-order valence-electron chi connectivity index (χ1n) is 5.32. The third-order valence-corrected chi connectivity index (χ3v) is 2.38. The van der Waals surface area contributed by atoms with E-state index in [4.69, 9.17) is 23.7 Å². The van der Waals surface area contributed by atoms with Crippen LogP contribution in [0.3, 0.4) is 0 Å². The second kappa shape index (κ2) is 6.93. The van der Waals surface area contributed by atoms with E-state index in [1.807, 2.05) is 0 Å². The molecule has 1 rings (SSSR count). The summed E-state index contributed by atoms with van der Waals surface area (Å²) in [6, 6.07) is 3.54. The molecule has 0 amide bonds. The highest BCUT2D eigenvalue weighted by Crippen LogP contribution is 2.40. The molecule has 0 aliphatic rings. The van der Waals surface area contributed by atoms with Crippen molar-refractivity contribution in [1.29, 1.82) is 0 Å². The second-order valence-corrected chi connectivity index (χ2v) is 3.36. The van der Waals surface area contributed by atoms with Gasteiger partial charge in [-0.25, -0.2) is 0 Å². The zero-order chi connectivity index (χ0) is 13.5. The molecule has 0 aliphatic carbocycles. The molecule has 0 heterocycles. The molecule has 6 heteroatoms. The van der Waals surface area contributed by atoms with Gasteiger partial charge in [0.2, 0.25) is 12.2 Å². The third kappa shape index (κ3) is 3.18. The molecule has 0 atom stereocenters. The van der Waals surface area contributed by atoms with Crippen LogP contribution in [-0.4, -0.2) is 42.0 Å². The van der Waals surface area contributed by atoms with Crippen LogP contribution in [0, 0.1) is 0 Å². The first kappa shape index (κ1) is 14.4. The predicted molar refractivity (Wildman–Crippen MR) is 67.5 cm³/mol. The minimum atomic E-state index is -0.548. The number of rotatable bonds is 7. The smallest absolute Gasteiger partial charge is 0.237 e. The summed E-state index contributed by atoms with van der Waals surface area (Å²) in [5, 5.41) is 3.02. The highest BCUT2D eigenvalue weighted by molar-refractivity contribution is 5.62. The number of hydrogen-bond donors (Lipinski definition) is 1. The molecule has 0 aliphatic heterocycles. The van der Waals surface area contributed by atoms with Crippen molar-refractivity contribution >= 4 is 5.69 Å². The monoisotopic (exact) mass is 257 g/mol. The molecular weight excluding hydrogens is 238 g/mol. The Bertz CT molecular complexity index is 354. The van der Waals surface area contributed by atoms with Crippen molar-refractivity contribution in [1.82, 2.24) is 0 Å². The van der Waals surface area contributed by atoms with Crippen LogP contribution < -0.4 is 19.5 Å². The molecule has 102 valence electrons. The maximum Gasteiger partial charge on any atom is 0.237 e. The third-order valence-electron chi connectivity index (χ3n) is 2.38. The number of methoxy groups -OCH3 is 5. The van der Waals surface area contributed by atoms with E-state index in [9.17, 15) is 0 Å². The van der Waals surface area contributed by atoms with Crippen LogP contribution in [0.15, 0.2) is 12.1 Å². The number of anilines is 1. The van der Waals surface area contributed by atoms with E-state index < -0.39 is 6.41 Å². The molecule has 0 radical (unpaired) electrons. The molecule has 18 heavy (non-hydrogen) atoms. The van der Waals surface area contributed by atoms with Gasteiger partial charge in [-0.05, 0) is 0 Å². The first-order valence-corrected chi connectivity index (χ1v) is 5.32. The standard InChI is InChI=1S/C12H19NO5/c1-14-9-6-8(13-12(17-4)18-5)7-10(15-2)11(9)16-3/h6-7,12-13H,1-5H3. The van der Waals surface area contributed by atoms with Crippen LogP contribution in [-0.2, 0) is 9.47 Å². The number of nitrogens with one attached hydrogen (secondary N) is 1. The fraction of sp³-hybridized carbons (Fsp3) is 0.500. The molecule has 0 spiro atoms. The van der Waals surface area contributed by atoms with Crippen molar-refractivity contribution in [3.63, 3.8) is 0 Å². The largest absolute Gasteiger partial charge is 0.493 e. The van der Waals surface area contributed by atoms with E-state index in [2.05, 4.69) is 5.32 Å². The Kier molecular flexibility index (Phi) is 5.54. The molecule has 1 aromatic carbocycles. The predicted octanol–water partition coefficient (Wildman–Crippen LogP) is 1.70. The fourth-order valence-electron chi connectivity index (χ4n) is 1.51. The molecule has 0 unspecified atom stereocenters. The molecule has 1 N–H and O–H groups in total. The van der Waals surface area contributed by atoms with Crippen LogP contribution in [0.25, 0.3) is 0 Å². The van der Waals surface area contributed by atoms with E-state index in [-0.39, 0.29) is 0 Å². The van der Waals surface area contributed by atoms with Crippen LogP contribution in [0.5, 0.6) is 17.2 Å². The van der Waals surface area contributed by atoms with Crippen molar-refractivity contribution in [2.24, 2.45) is 0 Å². The molecule has 0 fully saturated rings. The molecule has 0 saturated carbocycles. The zero-order valence-corrected chi connectivity index (χ0v) is 11.3. The Morgan fingerprint density at radius 3 is 1.67 bits per heavy atom. The van der Waals surface area contributed by atoms with Crippen molar-refractivity contribution < 1.29 is 23.7 Å². The Labute approximate surface area is 107 Å². The normalized spacial score (nSPS) is 10.3. The van der Waals surface area contributed by atoms with Crippen molar-refractivity contribution in [2.45, 2.75) is 6.41 Å². The summed E-state index contributed by atoms with van der Waals surface area (Å²) in [6.07, 6.45) is -0.548. The fourth-order valence-corrected chi connectivity index (χ4v) is 1.51. The molecule has 0 bridgehead atoms.